The van der Waals surface area contributed by atoms with Crippen LogP contribution in [0.5, 0.6) is 0 Å². The zero-order valence-electron chi connectivity index (χ0n) is 12.2. The van der Waals surface area contributed by atoms with Crippen LogP contribution in [0.2, 0.25) is 0 Å². The third-order valence-electron chi connectivity index (χ3n) is 3.40. The van der Waals surface area contributed by atoms with E-state index in [4.69, 9.17) is 0 Å². The van der Waals surface area contributed by atoms with E-state index in [2.05, 4.69) is 20.5 Å². The Labute approximate surface area is 131 Å². The molecule has 1 aromatic heterocycles. The fourth-order valence-corrected chi connectivity index (χ4v) is 3.22. The number of carbonyl (C=O) groups is 2. The summed E-state index contributed by atoms with van der Waals surface area (Å²) in [6.45, 7) is 3.97. The van der Waals surface area contributed by atoms with Crippen LogP contribution in [0.4, 0.5) is 0 Å². The normalized spacial score (nSPS) is 16.5. The summed E-state index contributed by atoms with van der Waals surface area (Å²) in [5.41, 5.74) is 2.06. The summed E-state index contributed by atoms with van der Waals surface area (Å²) in [5, 5.41) is 11.3. The summed E-state index contributed by atoms with van der Waals surface area (Å²) in [7, 11) is 0. The molecule has 1 aliphatic heterocycles. The molecule has 22 heavy (non-hydrogen) atoms. The van der Waals surface area contributed by atoms with Crippen LogP contribution in [0.1, 0.15) is 42.3 Å². The Hall–Kier alpha value is -2.41. The Balaban J connectivity index is 1.75. The summed E-state index contributed by atoms with van der Waals surface area (Å²) < 4.78 is 0. The summed E-state index contributed by atoms with van der Waals surface area (Å²) >= 11 is 1.36. The van der Waals surface area contributed by atoms with Crippen molar-refractivity contribution in [2.24, 2.45) is 10.2 Å². The van der Waals surface area contributed by atoms with Gasteiger partial charge in [0.05, 0.1) is 10.7 Å². The monoisotopic (exact) mass is 314 g/mol. The van der Waals surface area contributed by atoms with Crippen LogP contribution in [0.25, 0.3) is 0 Å². The molecule has 1 aliphatic rings. The first-order valence-corrected chi connectivity index (χ1v) is 7.64. The van der Waals surface area contributed by atoms with E-state index in [0.29, 0.717) is 17.0 Å². The fourth-order valence-electron chi connectivity index (χ4n) is 2.38. The lowest BCUT2D eigenvalue weighted by atomic mass is 9.99. The molecule has 0 bridgehead atoms. The van der Waals surface area contributed by atoms with Crippen LogP contribution < -0.4 is 5.32 Å². The number of carbonyl (C=O) groups excluding carboxylic acids is 2. The predicted octanol–water partition coefficient (Wildman–Crippen LogP) is 2.84. The molecule has 2 aromatic rings. The summed E-state index contributed by atoms with van der Waals surface area (Å²) in [5.74, 6) is -0.514. The average molecular weight is 314 g/mol. The molecule has 2 amide bonds. The number of fused-ring (bicyclic) bond motifs is 1. The highest BCUT2D eigenvalue weighted by atomic mass is 32.1. The van der Waals surface area contributed by atoms with E-state index in [1.807, 2.05) is 26.0 Å². The number of benzene rings is 1. The molecule has 0 saturated carbocycles. The molecule has 0 spiro atoms. The van der Waals surface area contributed by atoms with Crippen LogP contribution in [0.3, 0.4) is 0 Å². The van der Waals surface area contributed by atoms with Crippen molar-refractivity contribution < 1.29 is 9.59 Å². The molecule has 6 nitrogen and oxygen atoms in total. The number of rotatable bonds is 3. The van der Waals surface area contributed by atoms with Gasteiger partial charge in [0.25, 0.3) is 11.8 Å². The lowest BCUT2D eigenvalue weighted by molar-refractivity contribution is 0.0954. The quantitative estimate of drug-likeness (QED) is 0.945. The van der Waals surface area contributed by atoms with Gasteiger partial charge in [-0.25, -0.2) is 4.98 Å². The first-order chi connectivity index (χ1) is 10.6. The van der Waals surface area contributed by atoms with Gasteiger partial charge in [0.15, 0.2) is 0 Å². The van der Waals surface area contributed by atoms with Crippen LogP contribution in [0.15, 0.2) is 34.5 Å². The van der Waals surface area contributed by atoms with Crippen LogP contribution in [0, 0.1) is 13.8 Å². The maximum absolute atomic E-state index is 12.2. The Morgan fingerprint density at radius 3 is 2.82 bits per heavy atom. The van der Waals surface area contributed by atoms with Gasteiger partial charge >= 0.3 is 0 Å². The molecular formula is C15H14N4O2S. The molecule has 0 fully saturated rings. The minimum absolute atomic E-state index is 0.173. The van der Waals surface area contributed by atoms with E-state index >= 15 is 0 Å². The van der Waals surface area contributed by atoms with E-state index in [0.717, 1.165) is 16.3 Å². The van der Waals surface area contributed by atoms with Crippen LogP contribution >= 0.6 is 11.3 Å². The maximum atomic E-state index is 12.2. The lowest BCUT2D eigenvalue weighted by Crippen LogP contribution is -2.29. The van der Waals surface area contributed by atoms with Gasteiger partial charge in [-0.1, -0.05) is 18.2 Å². The second-order valence-electron chi connectivity index (χ2n) is 4.98. The molecule has 112 valence electrons. The number of nitrogens with zero attached hydrogens (tertiary/aromatic N) is 3. The van der Waals surface area contributed by atoms with Crippen molar-refractivity contribution in [2.75, 3.05) is 6.54 Å². The molecule has 1 atom stereocenters. The van der Waals surface area contributed by atoms with Crippen molar-refractivity contribution in [1.29, 1.82) is 0 Å². The van der Waals surface area contributed by atoms with Gasteiger partial charge in [-0.05, 0) is 25.5 Å². The Kier molecular flexibility index (Phi) is 3.81. The van der Waals surface area contributed by atoms with Gasteiger partial charge in [-0.2, -0.15) is 5.11 Å². The standard InChI is InChI=1S/C15H14N4O2S/c1-8-13(22-9(2)17-8)15(21)16-7-12-10-5-3-4-6-11(10)14(20)19-18-12/h3-6,12H,7H2,1-2H3,(H,16,21). The van der Waals surface area contributed by atoms with Crippen molar-refractivity contribution in [3.8, 4) is 0 Å². The number of hydrogen-bond acceptors (Lipinski definition) is 5. The van der Waals surface area contributed by atoms with Gasteiger partial charge in [0.2, 0.25) is 0 Å². The summed E-state index contributed by atoms with van der Waals surface area (Å²) in [6.07, 6.45) is 0. The van der Waals surface area contributed by atoms with E-state index in [1.165, 1.54) is 11.3 Å². The first-order valence-electron chi connectivity index (χ1n) is 6.82. The predicted molar refractivity (Wildman–Crippen MR) is 82.3 cm³/mol. The zero-order chi connectivity index (χ0) is 15.7. The Morgan fingerprint density at radius 1 is 1.32 bits per heavy atom. The molecule has 1 aromatic carbocycles. The smallest absolute Gasteiger partial charge is 0.295 e. The van der Waals surface area contributed by atoms with Crippen molar-refractivity contribution in [3.63, 3.8) is 0 Å². The number of thiazole rings is 1. The second kappa shape index (κ2) is 5.76. The highest BCUT2D eigenvalue weighted by Crippen LogP contribution is 2.26. The SMILES string of the molecule is Cc1nc(C)c(C(=O)NCC2N=NC(=O)c3ccccc32)s1. The Bertz CT molecular complexity index is 782. The molecule has 0 radical (unpaired) electrons. The van der Waals surface area contributed by atoms with Crippen molar-refractivity contribution in [1.82, 2.24) is 10.3 Å². The van der Waals surface area contributed by atoms with Crippen molar-refractivity contribution in [3.05, 3.63) is 51.0 Å². The molecule has 1 N–H and O–H groups in total. The zero-order valence-corrected chi connectivity index (χ0v) is 13.0. The molecule has 2 heterocycles. The number of aryl methyl sites for hydroxylation is 2. The molecule has 0 saturated heterocycles. The third-order valence-corrected chi connectivity index (χ3v) is 4.48. The lowest BCUT2D eigenvalue weighted by Gasteiger charge is -2.18. The highest BCUT2D eigenvalue weighted by Gasteiger charge is 2.24. The highest BCUT2D eigenvalue weighted by molar-refractivity contribution is 7.13. The molecule has 7 heteroatoms. The van der Waals surface area contributed by atoms with Gasteiger partial charge in [-0.3, -0.25) is 9.59 Å². The minimum atomic E-state index is -0.341. The molecular weight excluding hydrogens is 300 g/mol. The first kappa shape index (κ1) is 14.5. The largest absolute Gasteiger partial charge is 0.349 e. The second-order valence-corrected chi connectivity index (χ2v) is 6.18. The third kappa shape index (κ3) is 2.67. The van der Waals surface area contributed by atoms with Gasteiger partial charge < -0.3 is 5.32 Å². The number of amides is 2. The summed E-state index contributed by atoms with van der Waals surface area (Å²) in [6, 6.07) is 6.85. The number of azo groups is 1. The van der Waals surface area contributed by atoms with E-state index in [1.54, 1.807) is 12.1 Å². The van der Waals surface area contributed by atoms with Crippen molar-refractivity contribution >= 4 is 23.2 Å². The Morgan fingerprint density at radius 2 is 2.09 bits per heavy atom. The maximum Gasteiger partial charge on any atom is 0.295 e. The number of hydrogen-bond donors (Lipinski definition) is 1. The van der Waals surface area contributed by atoms with Gasteiger partial charge in [0.1, 0.15) is 10.9 Å². The van der Waals surface area contributed by atoms with E-state index in [-0.39, 0.29) is 17.9 Å². The van der Waals surface area contributed by atoms with Crippen LogP contribution in [-0.2, 0) is 0 Å². The van der Waals surface area contributed by atoms with Gasteiger partial charge in [0, 0.05) is 12.1 Å². The number of nitrogens with one attached hydrogen (secondary N) is 1. The minimum Gasteiger partial charge on any atom is -0.349 e. The molecule has 0 aliphatic carbocycles. The van der Waals surface area contributed by atoms with E-state index < -0.39 is 0 Å². The van der Waals surface area contributed by atoms with Gasteiger partial charge in [-0.15, -0.1) is 16.5 Å². The van der Waals surface area contributed by atoms with Crippen LogP contribution in [-0.4, -0.2) is 23.3 Å². The van der Waals surface area contributed by atoms with E-state index in [9.17, 15) is 9.59 Å². The molecule has 1 unspecified atom stereocenters. The topological polar surface area (TPSA) is 83.8 Å². The fraction of sp³-hybridized carbons (Fsp3) is 0.267. The number of aromatic nitrogens is 1. The molecule has 3 rings (SSSR count). The average Bonchev–Trinajstić information content (AvgIpc) is 2.85. The summed E-state index contributed by atoms with van der Waals surface area (Å²) in [4.78, 5) is 28.8. The van der Waals surface area contributed by atoms with Crippen molar-refractivity contribution in [2.45, 2.75) is 19.9 Å².